The molecule has 0 amide bonds. The fourth-order valence-corrected chi connectivity index (χ4v) is 1.74. The van der Waals surface area contributed by atoms with E-state index < -0.39 is 11.4 Å². The fraction of sp³-hybridized carbons (Fsp3) is 0.0714. The summed E-state index contributed by atoms with van der Waals surface area (Å²) >= 11 is 0. The predicted octanol–water partition coefficient (Wildman–Crippen LogP) is 2.82. The van der Waals surface area contributed by atoms with Crippen molar-refractivity contribution in [2.24, 2.45) is 0 Å². The van der Waals surface area contributed by atoms with Gasteiger partial charge >= 0.3 is 11.6 Å². The van der Waals surface area contributed by atoms with Crippen molar-refractivity contribution >= 4 is 11.0 Å². The molecule has 0 aliphatic heterocycles. The molecule has 0 bridgehead atoms. The number of aryl methyl sites for hydroxylation is 1. The second-order valence-electron chi connectivity index (χ2n) is 4.17. The first kappa shape index (κ1) is 12.3. The van der Waals surface area contributed by atoms with Gasteiger partial charge in [-0.15, -0.1) is 0 Å². The number of ether oxygens (including phenoxy) is 1. The Balaban J connectivity index is 2.10. The van der Waals surface area contributed by atoms with E-state index >= 15 is 0 Å². The summed E-state index contributed by atoms with van der Waals surface area (Å²) in [6, 6.07) is 5.74. The maximum atomic E-state index is 13.9. The van der Waals surface area contributed by atoms with E-state index in [-0.39, 0.29) is 17.3 Å². The topological polar surface area (TPSA) is 65.2 Å². The van der Waals surface area contributed by atoms with Crippen molar-refractivity contribution in [3.05, 3.63) is 58.5 Å². The number of hydrogen-bond acceptors (Lipinski definition) is 5. The zero-order valence-electron chi connectivity index (χ0n) is 10.5. The Morgan fingerprint density at radius 3 is 2.70 bits per heavy atom. The van der Waals surface area contributed by atoms with E-state index in [1.54, 1.807) is 19.1 Å². The molecule has 5 nitrogen and oxygen atoms in total. The fourth-order valence-electron chi connectivity index (χ4n) is 1.74. The second-order valence-corrected chi connectivity index (χ2v) is 4.17. The van der Waals surface area contributed by atoms with E-state index in [0.717, 1.165) is 0 Å². The van der Waals surface area contributed by atoms with Gasteiger partial charge < -0.3 is 9.15 Å². The number of hydrogen-bond donors (Lipinski definition) is 0. The van der Waals surface area contributed by atoms with Crippen LogP contribution in [-0.2, 0) is 0 Å². The van der Waals surface area contributed by atoms with Gasteiger partial charge in [-0.2, -0.15) is 0 Å². The first-order chi connectivity index (χ1) is 9.63. The standard InChI is InChI=1S/C14H9FN2O3/c1-8-5-9-6-10(15)12(7-11(9)19-13(8)18)20-14-16-3-2-4-17-14/h2-7H,1H3. The molecule has 2 heterocycles. The molecule has 0 saturated carbocycles. The molecule has 0 unspecified atom stereocenters. The Morgan fingerprint density at radius 1 is 1.20 bits per heavy atom. The van der Waals surface area contributed by atoms with Gasteiger partial charge in [0.05, 0.1) is 0 Å². The van der Waals surface area contributed by atoms with Crippen LogP contribution < -0.4 is 10.4 Å². The van der Waals surface area contributed by atoms with Crippen LogP contribution in [0.3, 0.4) is 0 Å². The molecule has 0 fully saturated rings. The van der Waals surface area contributed by atoms with Gasteiger partial charge in [0.15, 0.2) is 11.6 Å². The number of benzene rings is 1. The summed E-state index contributed by atoms with van der Waals surface area (Å²) in [4.78, 5) is 19.1. The highest BCUT2D eigenvalue weighted by atomic mass is 19.1. The molecule has 1 aromatic carbocycles. The highest BCUT2D eigenvalue weighted by Crippen LogP contribution is 2.27. The molecule has 100 valence electrons. The van der Waals surface area contributed by atoms with Crippen LogP contribution in [0.1, 0.15) is 5.56 Å². The van der Waals surface area contributed by atoms with Gasteiger partial charge in [-0.1, -0.05) is 0 Å². The quantitative estimate of drug-likeness (QED) is 0.671. The Morgan fingerprint density at radius 2 is 1.95 bits per heavy atom. The van der Waals surface area contributed by atoms with Crippen LogP contribution in [0.25, 0.3) is 11.0 Å². The lowest BCUT2D eigenvalue weighted by Crippen LogP contribution is -2.02. The van der Waals surface area contributed by atoms with Crippen LogP contribution in [0, 0.1) is 12.7 Å². The normalized spacial score (nSPS) is 10.7. The Labute approximate surface area is 112 Å². The lowest BCUT2D eigenvalue weighted by molar-refractivity contribution is 0.410. The number of nitrogens with zero attached hydrogens (tertiary/aromatic N) is 2. The number of aromatic nitrogens is 2. The van der Waals surface area contributed by atoms with E-state index in [1.165, 1.54) is 24.5 Å². The Bertz CT molecular complexity index is 831. The van der Waals surface area contributed by atoms with Gasteiger partial charge in [0, 0.05) is 29.4 Å². The first-order valence-corrected chi connectivity index (χ1v) is 5.82. The molecule has 0 radical (unpaired) electrons. The minimum Gasteiger partial charge on any atom is -0.422 e. The van der Waals surface area contributed by atoms with Crippen LogP contribution in [0.4, 0.5) is 4.39 Å². The van der Waals surface area contributed by atoms with Crippen molar-refractivity contribution in [1.29, 1.82) is 0 Å². The van der Waals surface area contributed by atoms with Gasteiger partial charge in [-0.05, 0) is 25.1 Å². The molecule has 0 saturated heterocycles. The number of fused-ring (bicyclic) bond motifs is 1. The maximum Gasteiger partial charge on any atom is 0.339 e. The third kappa shape index (κ3) is 2.23. The summed E-state index contributed by atoms with van der Waals surface area (Å²) in [5, 5.41) is 0.487. The molecule has 0 spiro atoms. The van der Waals surface area contributed by atoms with Gasteiger partial charge in [0.25, 0.3) is 0 Å². The molecular weight excluding hydrogens is 263 g/mol. The largest absolute Gasteiger partial charge is 0.422 e. The van der Waals surface area contributed by atoms with Gasteiger partial charge in [-0.3, -0.25) is 0 Å². The van der Waals surface area contributed by atoms with Crippen LogP contribution >= 0.6 is 0 Å². The summed E-state index contributed by atoms with van der Waals surface area (Å²) < 4.78 is 24.2. The minimum absolute atomic E-state index is 0.0141. The van der Waals surface area contributed by atoms with Crippen molar-refractivity contribution in [1.82, 2.24) is 9.97 Å². The van der Waals surface area contributed by atoms with E-state index in [2.05, 4.69) is 9.97 Å². The second kappa shape index (κ2) is 4.73. The molecule has 3 aromatic rings. The van der Waals surface area contributed by atoms with Gasteiger partial charge in [0.2, 0.25) is 0 Å². The average molecular weight is 272 g/mol. The van der Waals surface area contributed by atoms with Crippen LogP contribution in [0.2, 0.25) is 0 Å². The third-order valence-electron chi connectivity index (χ3n) is 2.70. The zero-order chi connectivity index (χ0) is 14.1. The van der Waals surface area contributed by atoms with Crippen LogP contribution in [-0.4, -0.2) is 9.97 Å². The lowest BCUT2D eigenvalue weighted by atomic mass is 10.2. The summed E-state index contributed by atoms with van der Waals surface area (Å²) in [6.07, 6.45) is 2.95. The predicted molar refractivity (Wildman–Crippen MR) is 69.3 cm³/mol. The Hall–Kier alpha value is -2.76. The van der Waals surface area contributed by atoms with Crippen molar-refractivity contribution in [3.63, 3.8) is 0 Å². The molecule has 0 aliphatic carbocycles. The average Bonchev–Trinajstić information content (AvgIpc) is 2.43. The highest BCUT2D eigenvalue weighted by molar-refractivity contribution is 5.78. The smallest absolute Gasteiger partial charge is 0.339 e. The third-order valence-corrected chi connectivity index (χ3v) is 2.70. The van der Waals surface area contributed by atoms with E-state index in [1.807, 2.05) is 0 Å². The van der Waals surface area contributed by atoms with Crippen molar-refractivity contribution in [2.75, 3.05) is 0 Å². The molecule has 6 heteroatoms. The van der Waals surface area contributed by atoms with Crippen LogP contribution in [0.15, 0.2) is 45.9 Å². The van der Waals surface area contributed by atoms with Crippen molar-refractivity contribution in [3.8, 4) is 11.8 Å². The summed E-state index contributed by atoms with van der Waals surface area (Å²) in [6.45, 7) is 1.60. The van der Waals surface area contributed by atoms with E-state index in [0.29, 0.717) is 10.9 Å². The molecule has 0 atom stereocenters. The first-order valence-electron chi connectivity index (χ1n) is 5.82. The summed E-state index contributed by atoms with van der Waals surface area (Å²) in [5.41, 5.74) is 0.191. The monoisotopic (exact) mass is 272 g/mol. The molecule has 2 aromatic heterocycles. The van der Waals surface area contributed by atoms with E-state index in [4.69, 9.17) is 9.15 Å². The van der Waals surface area contributed by atoms with Crippen molar-refractivity contribution in [2.45, 2.75) is 6.92 Å². The zero-order valence-corrected chi connectivity index (χ0v) is 10.5. The van der Waals surface area contributed by atoms with Gasteiger partial charge in [-0.25, -0.2) is 19.2 Å². The summed E-state index contributed by atoms with van der Waals surface area (Å²) in [5.74, 6) is -0.686. The highest BCUT2D eigenvalue weighted by Gasteiger charge is 2.11. The minimum atomic E-state index is -0.585. The Kier molecular flexibility index (Phi) is 2.90. The van der Waals surface area contributed by atoms with Gasteiger partial charge in [0.1, 0.15) is 5.58 Å². The van der Waals surface area contributed by atoms with Crippen LogP contribution in [0.5, 0.6) is 11.8 Å². The van der Waals surface area contributed by atoms with Crippen molar-refractivity contribution < 1.29 is 13.5 Å². The maximum absolute atomic E-state index is 13.9. The van der Waals surface area contributed by atoms with E-state index in [9.17, 15) is 9.18 Å². The molecule has 0 aliphatic rings. The lowest BCUT2D eigenvalue weighted by Gasteiger charge is -2.06. The molecule has 0 N–H and O–H groups in total. The SMILES string of the molecule is Cc1cc2cc(F)c(Oc3ncccn3)cc2oc1=O. The molecule has 3 rings (SSSR count). The molecular formula is C14H9FN2O3. The number of rotatable bonds is 2. The molecule has 20 heavy (non-hydrogen) atoms. The number of halogens is 1. The summed E-state index contributed by atoms with van der Waals surface area (Å²) in [7, 11) is 0.